The molecule has 2 bridgehead atoms. The summed E-state index contributed by atoms with van der Waals surface area (Å²) >= 11 is 0. The summed E-state index contributed by atoms with van der Waals surface area (Å²) in [5.74, 6) is 0.0420. The Hall–Kier alpha value is -3.27. The quantitative estimate of drug-likeness (QED) is 0.498. The van der Waals surface area contributed by atoms with Crippen LogP contribution in [0.15, 0.2) is 30.5 Å². The molecular weight excluding hydrogens is 401 g/mol. The number of aromatic nitrogens is 2. The molecule has 1 atom stereocenters. The molecular formula is C21H28FN7O2. The number of nitrogens with two attached hydrogens (primary N) is 1. The lowest BCUT2D eigenvalue weighted by Crippen LogP contribution is -2.41. The summed E-state index contributed by atoms with van der Waals surface area (Å²) in [6.45, 7) is 1.90. The molecule has 0 spiro atoms. The van der Waals surface area contributed by atoms with Gasteiger partial charge in [0.15, 0.2) is 0 Å². The number of carbonyl (C=O) groups excluding carboxylic acids is 2. The van der Waals surface area contributed by atoms with E-state index in [1.54, 1.807) is 12.1 Å². The average molecular weight is 430 g/mol. The molecule has 1 aromatic heterocycles. The van der Waals surface area contributed by atoms with Crippen LogP contribution in [0.5, 0.6) is 0 Å². The SMILES string of the molecule is N[C@H]1CCCCNc2nc(ncc2C(=O)NCc2ccc(F)cc2)NCCCNC1=O. The van der Waals surface area contributed by atoms with Crippen molar-refractivity contribution in [2.24, 2.45) is 5.73 Å². The molecule has 166 valence electrons. The number of benzene rings is 1. The van der Waals surface area contributed by atoms with Crippen LogP contribution in [-0.2, 0) is 11.3 Å². The number of halogens is 1. The third kappa shape index (κ3) is 6.88. The molecule has 0 aliphatic carbocycles. The second-order valence-corrected chi connectivity index (χ2v) is 7.37. The van der Waals surface area contributed by atoms with Crippen LogP contribution in [0.1, 0.15) is 41.6 Å². The zero-order valence-corrected chi connectivity index (χ0v) is 17.3. The van der Waals surface area contributed by atoms with Gasteiger partial charge in [0.2, 0.25) is 11.9 Å². The molecule has 2 aromatic rings. The molecule has 31 heavy (non-hydrogen) atoms. The fraction of sp³-hybridized carbons (Fsp3) is 0.429. The number of amides is 2. The Balaban J connectivity index is 1.67. The number of carbonyl (C=O) groups is 2. The first-order chi connectivity index (χ1) is 15.0. The van der Waals surface area contributed by atoms with Gasteiger partial charge in [0.05, 0.1) is 6.04 Å². The van der Waals surface area contributed by atoms with Crippen molar-refractivity contribution in [3.63, 3.8) is 0 Å². The summed E-state index contributed by atoms with van der Waals surface area (Å²) in [6, 6.07) is 5.42. The zero-order valence-electron chi connectivity index (χ0n) is 17.3. The van der Waals surface area contributed by atoms with Crippen LogP contribution in [-0.4, -0.2) is 47.5 Å². The van der Waals surface area contributed by atoms with Crippen molar-refractivity contribution in [2.45, 2.75) is 38.3 Å². The molecule has 0 fully saturated rings. The van der Waals surface area contributed by atoms with Gasteiger partial charge >= 0.3 is 0 Å². The highest BCUT2D eigenvalue weighted by Gasteiger charge is 2.16. The van der Waals surface area contributed by atoms with Crippen molar-refractivity contribution in [3.05, 3.63) is 47.4 Å². The third-order valence-corrected chi connectivity index (χ3v) is 4.91. The molecule has 0 unspecified atom stereocenters. The van der Waals surface area contributed by atoms with Gasteiger partial charge < -0.3 is 27.0 Å². The lowest BCUT2D eigenvalue weighted by molar-refractivity contribution is -0.122. The normalized spacial score (nSPS) is 17.9. The summed E-state index contributed by atoms with van der Waals surface area (Å²) in [5.41, 5.74) is 7.03. The van der Waals surface area contributed by atoms with Crippen LogP contribution in [0.2, 0.25) is 0 Å². The van der Waals surface area contributed by atoms with Crippen LogP contribution < -0.4 is 27.0 Å². The van der Waals surface area contributed by atoms with E-state index >= 15 is 0 Å². The summed E-state index contributed by atoms with van der Waals surface area (Å²) in [5, 5.41) is 11.9. The minimum atomic E-state index is -0.522. The molecule has 9 nitrogen and oxygen atoms in total. The zero-order chi connectivity index (χ0) is 22.1. The van der Waals surface area contributed by atoms with Crippen LogP contribution in [0.4, 0.5) is 16.2 Å². The Morgan fingerprint density at radius 2 is 1.84 bits per heavy atom. The van der Waals surface area contributed by atoms with Gasteiger partial charge in [-0.05, 0) is 43.4 Å². The monoisotopic (exact) mass is 429 g/mol. The molecule has 1 aromatic carbocycles. The Morgan fingerprint density at radius 3 is 2.65 bits per heavy atom. The Bertz CT molecular complexity index is 892. The van der Waals surface area contributed by atoms with Crippen molar-refractivity contribution in [1.29, 1.82) is 0 Å². The van der Waals surface area contributed by atoms with Crippen molar-refractivity contribution in [1.82, 2.24) is 20.6 Å². The molecule has 2 amide bonds. The van der Waals surface area contributed by atoms with Crippen molar-refractivity contribution >= 4 is 23.6 Å². The topological polar surface area (TPSA) is 134 Å². The van der Waals surface area contributed by atoms with Gasteiger partial charge in [-0.15, -0.1) is 0 Å². The predicted octanol–water partition coefficient (Wildman–Crippen LogP) is 1.39. The van der Waals surface area contributed by atoms with Gasteiger partial charge in [0.25, 0.3) is 5.91 Å². The van der Waals surface area contributed by atoms with Crippen LogP contribution >= 0.6 is 0 Å². The fourth-order valence-electron chi connectivity index (χ4n) is 3.11. The van der Waals surface area contributed by atoms with Crippen molar-refractivity contribution in [2.75, 3.05) is 30.3 Å². The first kappa shape index (κ1) is 22.4. The number of rotatable bonds is 3. The van der Waals surface area contributed by atoms with E-state index in [1.165, 1.54) is 18.3 Å². The summed E-state index contributed by atoms with van der Waals surface area (Å²) in [6.07, 6.45) is 4.29. The first-order valence-corrected chi connectivity index (χ1v) is 10.4. The smallest absolute Gasteiger partial charge is 0.256 e. The molecule has 10 heteroatoms. The third-order valence-electron chi connectivity index (χ3n) is 4.91. The van der Waals surface area contributed by atoms with Gasteiger partial charge in [0, 0.05) is 32.4 Å². The van der Waals surface area contributed by atoms with Gasteiger partial charge in [0.1, 0.15) is 17.2 Å². The van der Waals surface area contributed by atoms with E-state index in [9.17, 15) is 14.0 Å². The van der Waals surface area contributed by atoms with E-state index in [4.69, 9.17) is 5.73 Å². The molecule has 6 N–H and O–H groups in total. The summed E-state index contributed by atoms with van der Waals surface area (Å²) in [7, 11) is 0. The van der Waals surface area contributed by atoms with Crippen LogP contribution in [0, 0.1) is 5.82 Å². The predicted molar refractivity (Wildman–Crippen MR) is 116 cm³/mol. The highest BCUT2D eigenvalue weighted by molar-refractivity contribution is 5.98. The van der Waals surface area contributed by atoms with Crippen LogP contribution in [0.25, 0.3) is 0 Å². The maximum Gasteiger partial charge on any atom is 0.256 e. The van der Waals surface area contributed by atoms with E-state index in [-0.39, 0.29) is 24.2 Å². The highest BCUT2D eigenvalue weighted by atomic mass is 19.1. The van der Waals surface area contributed by atoms with Gasteiger partial charge in [-0.25, -0.2) is 9.37 Å². The van der Waals surface area contributed by atoms with Gasteiger partial charge in [-0.3, -0.25) is 9.59 Å². The Kier molecular flexibility index (Phi) is 8.11. The Labute approximate surface area is 180 Å². The molecule has 1 aliphatic rings. The molecule has 0 saturated carbocycles. The van der Waals surface area contributed by atoms with E-state index in [2.05, 4.69) is 31.2 Å². The largest absolute Gasteiger partial charge is 0.369 e. The number of hydrogen-bond acceptors (Lipinski definition) is 7. The molecule has 3 rings (SSSR count). The van der Waals surface area contributed by atoms with Gasteiger partial charge in [-0.2, -0.15) is 4.98 Å². The number of hydrogen-bond donors (Lipinski definition) is 5. The van der Waals surface area contributed by atoms with E-state index < -0.39 is 6.04 Å². The second kappa shape index (κ2) is 11.2. The maximum atomic E-state index is 13.0. The fourth-order valence-corrected chi connectivity index (χ4v) is 3.11. The second-order valence-electron chi connectivity index (χ2n) is 7.37. The van der Waals surface area contributed by atoms with Gasteiger partial charge in [-0.1, -0.05) is 12.1 Å². The lowest BCUT2D eigenvalue weighted by Gasteiger charge is -2.13. The molecule has 2 heterocycles. The number of anilines is 2. The maximum absolute atomic E-state index is 13.0. The van der Waals surface area contributed by atoms with E-state index in [0.717, 1.165) is 18.4 Å². The Morgan fingerprint density at radius 1 is 1.10 bits per heavy atom. The highest BCUT2D eigenvalue weighted by Crippen LogP contribution is 2.15. The van der Waals surface area contributed by atoms with Crippen molar-refractivity contribution in [3.8, 4) is 0 Å². The first-order valence-electron chi connectivity index (χ1n) is 10.4. The number of nitrogens with zero attached hydrogens (tertiary/aromatic N) is 2. The standard InChI is InChI=1S/C21H28FN7O2/c22-15-7-5-14(6-8-15)12-27-19(30)16-13-28-21-26-11-3-10-25-20(31)17(23)4-1-2-9-24-18(16)29-21/h5-8,13,17H,1-4,9-12,23H2,(H,25,31)(H,27,30)(H2,24,26,28,29)/t17-/m0/s1. The van der Waals surface area contributed by atoms with E-state index in [1.807, 2.05) is 0 Å². The average Bonchev–Trinajstić information content (AvgIpc) is 2.77. The van der Waals surface area contributed by atoms with Crippen LogP contribution in [0.3, 0.4) is 0 Å². The minimum Gasteiger partial charge on any atom is -0.369 e. The van der Waals surface area contributed by atoms with E-state index in [0.29, 0.717) is 49.8 Å². The molecule has 0 radical (unpaired) electrons. The number of nitrogens with one attached hydrogen (secondary N) is 4. The lowest BCUT2D eigenvalue weighted by atomic mass is 10.1. The summed E-state index contributed by atoms with van der Waals surface area (Å²) < 4.78 is 13.0. The summed E-state index contributed by atoms with van der Waals surface area (Å²) in [4.78, 5) is 33.3. The van der Waals surface area contributed by atoms with Crippen molar-refractivity contribution < 1.29 is 14.0 Å². The number of fused-ring (bicyclic) bond motifs is 2. The minimum absolute atomic E-state index is 0.139. The molecule has 1 aliphatic heterocycles. The molecule has 0 saturated heterocycles.